The van der Waals surface area contributed by atoms with Gasteiger partial charge in [-0.3, -0.25) is 9.55 Å². The highest BCUT2D eigenvalue weighted by molar-refractivity contribution is 7.98. The van der Waals surface area contributed by atoms with Crippen LogP contribution in [0.1, 0.15) is 12.6 Å². The second-order valence-electron chi connectivity index (χ2n) is 7.24. The predicted octanol–water partition coefficient (Wildman–Crippen LogP) is 6.28. The number of benzene rings is 2. The van der Waals surface area contributed by atoms with Crippen LogP contribution in [0.5, 0.6) is 5.75 Å². The molecule has 3 aromatic heterocycles. The average molecular weight is 490 g/mol. The monoisotopic (exact) mass is 489 g/mol. The molecule has 0 N–H and O–H groups in total. The number of thiazole rings is 1. The summed E-state index contributed by atoms with van der Waals surface area (Å²) in [4.78, 5) is 8.83. The van der Waals surface area contributed by atoms with Gasteiger partial charge in [0.25, 0.3) is 0 Å². The molecule has 0 aliphatic rings. The fourth-order valence-corrected chi connectivity index (χ4v) is 5.15. The van der Waals surface area contributed by atoms with Gasteiger partial charge in [-0.2, -0.15) is 0 Å². The first kappa shape index (κ1) is 22.2. The predicted molar refractivity (Wildman–Crippen MR) is 133 cm³/mol. The summed E-state index contributed by atoms with van der Waals surface area (Å²) in [5, 5.41) is 12.6. The summed E-state index contributed by atoms with van der Waals surface area (Å²) in [7, 11) is 0. The van der Waals surface area contributed by atoms with Gasteiger partial charge in [-0.1, -0.05) is 11.8 Å². The Hall–Kier alpha value is -3.56. The van der Waals surface area contributed by atoms with Gasteiger partial charge in [0, 0.05) is 40.3 Å². The standard InChI is InChI=1S/C25H20FN5OS2/c1-2-32-22-9-7-21(8-10-22)31-23(17-11-13-27-14-12-17)29-30-25(31)34-16-20-15-33-24(28-20)18-3-5-19(26)6-4-18/h3-15H,2,16H2,1H3. The fourth-order valence-electron chi connectivity index (χ4n) is 3.38. The molecule has 9 heteroatoms. The zero-order valence-electron chi connectivity index (χ0n) is 18.3. The van der Waals surface area contributed by atoms with Crippen LogP contribution in [-0.4, -0.2) is 31.3 Å². The highest BCUT2D eigenvalue weighted by Crippen LogP contribution is 2.32. The van der Waals surface area contributed by atoms with Crippen molar-refractivity contribution < 1.29 is 9.13 Å². The topological polar surface area (TPSA) is 65.7 Å². The molecule has 0 unspecified atom stereocenters. The van der Waals surface area contributed by atoms with Gasteiger partial charge in [-0.25, -0.2) is 9.37 Å². The number of thioether (sulfide) groups is 1. The van der Waals surface area contributed by atoms with Gasteiger partial charge in [0.1, 0.15) is 16.6 Å². The molecule has 3 heterocycles. The van der Waals surface area contributed by atoms with Crippen molar-refractivity contribution in [3.8, 4) is 33.4 Å². The number of hydrogen-bond donors (Lipinski definition) is 0. The van der Waals surface area contributed by atoms with Crippen LogP contribution in [0.4, 0.5) is 4.39 Å². The smallest absolute Gasteiger partial charge is 0.196 e. The molecule has 0 aliphatic heterocycles. The van der Waals surface area contributed by atoms with Gasteiger partial charge >= 0.3 is 0 Å². The van der Waals surface area contributed by atoms with Crippen LogP contribution >= 0.6 is 23.1 Å². The number of ether oxygens (including phenoxy) is 1. The van der Waals surface area contributed by atoms with Crippen LogP contribution in [0.25, 0.3) is 27.6 Å². The minimum atomic E-state index is -0.255. The summed E-state index contributed by atoms with van der Waals surface area (Å²) in [5.74, 6) is 1.92. The third-order valence-electron chi connectivity index (χ3n) is 4.97. The Bertz CT molecular complexity index is 1370. The molecular weight excluding hydrogens is 469 g/mol. The van der Waals surface area contributed by atoms with Crippen LogP contribution < -0.4 is 4.74 Å². The molecule has 0 radical (unpaired) electrons. The Labute approximate surface area is 204 Å². The molecule has 0 saturated carbocycles. The Balaban J connectivity index is 1.42. The maximum Gasteiger partial charge on any atom is 0.196 e. The Morgan fingerprint density at radius 2 is 1.71 bits per heavy atom. The van der Waals surface area contributed by atoms with Crippen LogP contribution in [0, 0.1) is 5.82 Å². The third kappa shape index (κ3) is 4.85. The van der Waals surface area contributed by atoms with Gasteiger partial charge in [0.15, 0.2) is 11.0 Å². The van der Waals surface area contributed by atoms with Crippen molar-refractivity contribution in [2.45, 2.75) is 17.8 Å². The van der Waals surface area contributed by atoms with E-state index in [2.05, 4.69) is 15.2 Å². The minimum Gasteiger partial charge on any atom is -0.494 e. The minimum absolute atomic E-state index is 0.255. The summed E-state index contributed by atoms with van der Waals surface area (Å²) in [6.07, 6.45) is 3.48. The fraction of sp³-hybridized carbons (Fsp3) is 0.120. The molecule has 0 amide bonds. The molecule has 0 saturated heterocycles. The number of hydrogen-bond acceptors (Lipinski definition) is 7. The molecule has 34 heavy (non-hydrogen) atoms. The molecule has 0 fully saturated rings. The van der Waals surface area contributed by atoms with Crippen molar-refractivity contribution in [3.05, 3.63) is 89.9 Å². The van der Waals surface area contributed by atoms with E-state index in [4.69, 9.17) is 9.72 Å². The van der Waals surface area contributed by atoms with E-state index >= 15 is 0 Å². The molecule has 170 valence electrons. The van der Waals surface area contributed by atoms with Crippen molar-refractivity contribution in [2.75, 3.05) is 6.61 Å². The van der Waals surface area contributed by atoms with Gasteiger partial charge in [0.05, 0.1) is 12.3 Å². The Morgan fingerprint density at radius 1 is 0.941 bits per heavy atom. The third-order valence-corrected chi connectivity index (χ3v) is 6.87. The molecule has 0 bridgehead atoms. The summed E-state index contributed by atoms with van der Waals surface area (Å²) < 4.78 is 20.9. The Kier molecular flexibility index (Phi) is 6.64. The number of nitrogens with zero attached hydrogens (tertiary/aromatic N) is 5. The van der Waals surface area contributed by atoms with Crippen molar-refractivity contribution in [1.82, 2.24) is 24.7 Å². The number of pyridine rings is 1. The number of rotatable bonds is 8. The molecule has 0 aliphatic carbocycles. The second-order valence-corrected chi connectivity index (χ2v) is 9.04. The van der Waals surface area contributed by atoms with Crippen molar-refractivity contribution in [1.29, 1.82) is 0 Å². The molecule has 0 atom stereocenters. The average Bonchev–Trinajstić information content (AvgIpc) is 3.52. The number of halogens is 1. The van der Waals surface area contributed by atoms with E-state index in [1.807, 2.05) is 53.3 Å². The van der Waals surface area contributed by atoms with Crippen LogP contribution in [0.15, 0.2) is 83.6 Å². The molecule has 0 spiro atoms. The first-order valence-electron chi connectivity index (χ1n) is 10.6. The van der Waals surface area contributed by atoms with E-state index in [0.717, 1.165) is 44.2 Å². The van der Waals surface area contributed by atoms with E-state index in [0.29, 0.717) is 12.4 Å². The zero-order valence-corrected chi connectivity index (χ0v) is 19.9. The molecule has 2 aromatic carbocycles. The normalized spacial score (nSPS) is 11.0. The first-order valence-corrected chi connectivity index (χ1v) is 12.5. The van der Waals surface area contributed by atoms with E-state index in [-0.39, 0.29) is 5.82 Å². The van der Waals surface area contributed by atoms with E-state index in [1.165, 1.54) is 12.1 Å². The van der Waals surface area contributed by atoms with Gasteiger partial charge in [-0.05, 0) is 67.6 Å². The van der Waals surface area contributed by atoms with Gasteiger partial charge in [0.2, 0.25) is 0 Å². The van der Waals surface area contributed by atoms with Crippen molar-refractivity contribution >= 4 is 23.1 Å². The Morgan fingerprint density at radius 3 is 2.44 bits per heavy atom. The molecule has 5 rings (SSSR count). The van der Waals surface area contributed by atoms with E-state index in [1.54, 1.807) is 47.6 Å². The SMILES string of the molecule is CCOc1ccc(-n2c(SCc3csc(-c4ccc(F)cc4)n3)nnc2-c2ccncc2)cc1. The van der Waals surface area contributed by atoms with Crippen molar-refractivity contribution in [3.63, 3.8) is 0 Å². The maximum absolute atomic E-state index is 13.2. The first-order chi connectivity index (χ1) is 16.7. The molecular formula is C25H20FN5OS2. The van der Waals surface area contributed by atoms with Crippen LogP contribution in [0.3, 0.4) is 0 Å². The molecule has 6 nitrogen and oxygen atoms in total. The lowest BCUT2D eigenvalue weighted by atomic mass is 10.2. The highest BCUT2D eigenvalue weighted by Gasteiger charge is 2.17. The summed E-state index contributed by atoms with van der Waals surface area (Å²) in [6, 6.07) is 18.1. The second kappa shape index (κ2) is 10.1. The lowest BCUT2D eigenvalue weighted by Gasteiger charge is -2.11. The van der Waals surface area contributed by atoms with E-state index < -0.39 is 0 Å². The lowest BCUT2D eigenvalue weighted by Crippen LogP contribution is -2.00. The lowest BCUT2D eigenvalue weighted by molar-refractivity contribution is 0.340. The summed E-state index contributed by atoms with van der Waals surface area (Å²) in [5.41, 5.74) is 3.70. The van der Waals surface area contributed by atoms with Crippen LogP contribution in [-0.2, 0) is 5.75 Å². The summed E-state index contributed by atoms with van der Waals surface area (Å²) in [6.45, 7) is 2.58. The van der Waals surface area contributed by atoms with E-state index in [9.17, 15) is 4.39 Å². The zero-order chi connectivity index (χ0) is 23.3. The van der Waals surface area contributed by atoms with Crippen LogP contribution in [0.2, 0.25) is 0 Å². The summed E-state index contributed by atoms with van der Waals surface area (Å²) >= 11 is 3.10. The largest absolute Gasteiger partial charge is 0.494 e. The number of aromatic nitrogens is 5. The maximum atomic E-state index is 13.2. The van der Waals surface area contributed by atoms with Gasteiger partial charge < -0.3 is 4.74 Å². The van der Waals surface area contributed by atoms with Crippen molar-refractivity contribution in [2.24, 2.45) is 0 Å². The van der Waals surface area contributed by atoms with Gasteiger partial charge in [-0.15, -0.1) is 21.5 Å². The highest BCUT2D eigenvalue weighted by atomic mass is 32.2. The quantitative estimate of drug-likeness (QED) is 0.239. The molecule has 5 aromatic rings.